The van der Waals surface area contributed by atoms with E-state index < -0.39 is 11.2 Å². The molecule has 6 heteroatoms. The highest BCUT2D eigenvalue weighted by Gasteiger charge is 2.15. The quantitative estimate of drug-likeness (QED) is 0.607. The molecule has 0 amide bonds. The molecule has 0 saturated carbocycles. The number of fused-ring (bicyclic) bond motifs is 3. The first-order chi connectivity index (χ1) is 8.11. The summed E-state index contributed by atoms with van der Waals surface area (Å²) in [6.07, 6.45) is 0. The van der Waals surface area contributed by atoms with Crippen molar-refractivity contribution in [3.05, 3.63) is 45.1 Å². The highest BCUT2D eigenvalue weighted by atomic mass is 32.1. The normalized spacial score (nSPS) is 11.4. The van der Waals surface area contributed by atoms with E-state index in [-0.39, 0.29) is 4.73 Å². The number of rotatable bonds is 0. The van der Waals surface area contributed by atoms with E-state index in [1.165, 1.54) is 23.0 Å². The van der Waals surface area contributed by atoms with Crippen molar-refractivity contribution in [2.45, 2.75) is 0 Å². The molecule has 0 aliphatic heterocycles. The van der Waals surface area contributed by atoms with E-state index >= 15 is 0 Å². The van der Waals surface area contributed by atoms with Crippen LogP contribution in [-0.2, 0) is 7.05 Å². The first-order valence-electron chi connectivity index (χ1n) is 4.94. The van der Waals surface area contributed by atoms with Crippen molar-refractivity contribution in [2.75, 3.05) is 0 Å². The van der Waals surface area contributed by atoms with Gasteiger partial charge in [0.1, 0.15) is 4.70 Å². The Labute approximate surface area is 98.7 Å². The van der Waals surface area contributed by atoms with Gasteiger partial charge in [0.2, 0.25) is 0 Å². The van der Waals surface area contributed by atoms with E-state index in [1.54, 1.807) is 0 Å². The zero-order valence-electron chi connectivity index (χ0n) is 8.88. The lowest BCUT2D eigenvalue weighted by Gasteiger charge is -2.02. The van der Waals surface area contributed by atoms with Crippen LogP contribution in [0.25, 0.3) is 20.3 Å². The van der Waals surface area contributed by atoms with Crippen LogP contribution in [0.5, 0.6) is 0 Å². The summed E-state index contributed by atoms with van der Waals surface area (Å²) in [5.74, 6) is 0. The van der Waals surface area contributed by atoms with Gasteiger partial charge in [0, 0.05) is 17.1 Å². The topological polar surface area (TPSA) is 64.2 Å². The number of nitrogens with zero attached hydrogens (tertiary/aromatic N) is 2. The summed E-state index contributed by atoms with van der Waals surface area (Å²) >= 11 is 1.27. The van der Waals surface area contributed by atoms with Crippen molar-refractivity contribution < 1.29 is 5.21 Å². The second kappa shape index (κ2) is 3.21. The first kappa shape index (κ1) is 10.1. The number of thiophene rings is 1. The van der Waals surface area contributed by atoms with Gasteiger partial charge in [-0.2, -0.15) is 0 Å². The van der Waals surface area contributed by atoms with Gasteiger partial charge in [-0.1, -0.05) is 22.9 Å². The van der Waals surface area contributed by atoms with E-state index in [9.17, 15) is 14.8 Å². The zero-order chi connectivity index (χ0) is 12.2. The fourth-order valence-corrected chi connectivity index (χ4v) is 3.09. The number of benzene rings is 1. The van der Waals surface area contributed by atoms with Gasteiger partial charge in [-0.15, -0.1) is 11.3 Å². The molecule has 1 N–H and O–H groups in total. The fraction of sp³-hybridized carbons (Fsp3) is 0.0909. The average Bonchev–Trinajstić information content (AvgIpc) is 2.73. The lowest BCUT2D eigenvalue weighted by atomic mass is 10.2. The van der Waals surface area contributed by atoms with Crippen LogP contribution in [0.4, 0.5) is 0 Å². The second-order valence-electron chi connectivity index (χ2n) is 3.73. The molecular weight excluding hydrogens is 240 g/mol. The summed E-state index contributed by atoms with van der Waals surface area (Å²) in [7, 11) is 1.54. The van der Waals surface area contributed by atoms with Crippen LogP contribution in [0, 0.1) is 0 Å². The second-order valence-corrected chi connectivity index (χ2v) is 4.79. The molecule has 0 atom stereocenters. The van der Waals surface area contributed by atoms with E-state index in [1.807, 2.05) is 24.3 Å². The molecule has 0 unspecified atom stereocenters. The lowest BCUT2D eigenvalue weighted by Crippen LogP contribution is -2.37. The molecule has 0 aliphatic rings. The number of hydrogen-bond acceptors (Lipinski definition) is 4. The van der Waals surface area contributed by atoms with Gasteiger partial charge in [-0.3, -0.25) is 9.36 Å². The van der Waals surface area contributed by atoms with Gasteiger partial charge >= 0.3 is 11.2 Å². The summed E-state index contributed by atoms with van der Waals surface area (Å²) < 4.78 is 2.74. The van der Waals surface area contributed by atoms with E-state index in [0.717, 1.165) is 10.1 Å². The molecule has 2 heterocycles. The van der Waals surface area contributed by atoms with Crippen molar-refractivity contribution in [3.63, 3.8) is 0 Å². The van der Waals surface area contributed by atoms with Crippen LogP contribution in [0.1, 0.15) is 0 Å². The maximum Gasteiger partial charge on any atom is 0.364 e. The molecule has 3 rings (SSSR count). The Bertz CT molecular complexity index is 857. The molecule has 1 aromatic carbocycles. The van der Waals surface area contributed by atoms with Crippen LogP contribution < -0.4 is 11.2 Å². The maximum absolute atomic E-state index is 11.8. The van der Waals surface area contributed by atoms with Crippen LogP contribution >= 0.6 is 11.3 Å². The van der Waals surface area contributed by atoms with Gasteiger partial charge in [-0.25, -0.2) is 4.79 Å². The number of hydrogen-bond donors (Lipinski definition) is 1. The third-order valence-electron chi connectivity index (χ3n) is 2.76. The minimum absolute atomic E-state index is 0.151. The Morgan fingerprint density at radius 3 is 2.71 bits per heavy atom. The molecule has 86 valence electrons. The van der Waals surface area contributed by atoms with E-state index in [0.29, 0.717) is 10.2 Å². The smallest absolute Gasteiger partial charge is 0.364 e. The van der Waals surface area contributed by atoms with Crippen LogP contribution in [0.15, 0.2) is 33.9 Å². The molecule has 5 nitrogen and oxygen atoms in total. The molecule has 17 heavy (non-hydrogen) atoms. The SMILES string of the molecule is Cn1c(=O)n(O)c(=O)c2sc3ccccc3c21. The molecule has 3 aromatic rings. The Morgan fingerprint density at radius 2 is 1.94 bits per heavy atom. The highest BCUT2D eigenvalue weighted by Crippen LogP contribution is 2.30. The highest BCUT2D eigenvalue weighted by molar-refractivity contribution is 7.25. The van der Waals surface area contributed by atoms with Crippen molar-refractivity contribution in [1.82, 2.24) is 9.30 Å². The van der Waals surface area contributed by atoms with Crippen molar-refractivity contribution >= 4 is 31.6 Å². The number of aryl methyl sites for hydroxylation is 1. The van der Waals surface area contributed by atoms with Gasteiger partial charge in [-0.05, 0) is 6.07 Å². The lowest BCUT2D eigenvalue weighted by molar-refractivity contribution is 0.159. The van der Waals surface area contributed by atoms with Crippen LogP contribution in [0.3, 0.4) is 0 Å². The van der Waals surface area contributed by atoms with E-state index in [4.69, 9.17) is 0 Å². The molecule has 0 spiro atoms. The predicted molar refractivity (Wildman–Crippen MR) is 66.0 cm³/mol. The molecule has 0 fully saturated rings. The average molecular weight is 248 g/mol. The third-order valence-corrected chi connectivity index (χ3v) is 3.91. The monoisotopic (exact) mass is 248 g/mol. The first-order valence-corrected chi connectivity index (χ1v) is 5.75. The van der Waals surface area contributed by atoms with Crippen molar-refractivity contribution in [1.29, 1.82) is 0 Å². The third kappa shape index (κ3) is 1.18. The summed E-state index contributed by atoms with van der Waals surface area (Å²) in [4.78, 5) is 23.4. The molecular formula is C11H8N2O3S. The maximum atomic E-state index is 11.8. The van der Waals surface area contributed by atoms with Gasteiger partial charge in [0.05, 0.1) is 5.52 Å². The predicted octanol–water partition coefficient (Wildman–Crippen LogP) is 1.15. The molecule has 0 saturated heterocycles. The molecule has 0 aliphatic carbocycles. The molecule has 0 radical (unpaired) electrons. The Morgan fingerprint density at radius 1 is 1.24 bits per heavy atom. The minimum atomic E-state index is -0.731. The Kier molecular flexibility index (Phi) is 1.90. The van der Waals surface area contributed by atoms with Crippen LogP contribution in [-0.4, -0.2) is 14.5 Å². The largest absolute Gasteiger partial charge is 0.421 e. The number of aromatic nitrogens is 2. The summed E-state index contributed by atoms with van der Waals surface area (Å²) in [5, 5.41) is 10.2. The van der Waals surface area contributed by atoms with Crippen molar-refractivity contribution in [2.24, 2.45) is 7.05 Å². The van der Waals surface area contributed by atoms with Gasteiger partial charge < -0.3 is 5.21 Å². The molecule has 0 bridgehead atoms. The fourth-order valence-electron chi connectivity index (χ4n) is 1.93. The standard InChI is InChI=1S/C11H8N2O3S/c1-12-8-6-4-2-3-5-7(6)17-9(8)10(14)13(16)11(12)15/h2-5,16H,1H3. The van der Waals surface area contributed by atoms with Crippen LogP contribution in [0.2, 0.25) is 0 Å². The summed E-state index contributed by atoms with van der Waals surface area (Å²) in [6, 6.07) is 7.46. The Hall–Kier alpha value is -2.08. The Balaban J connectivity index is 2.77. The van der Waals surface area contributed by atoms with Gasteiger partial charge in [0.25, 0.3) is 0 Å². The summed E-state index contributed by atoms with van der Waals surface area (Å²) in [6.45, 7) is 0. The van der Waals surface area contributed by atoms with Gasteiger partial charge in [0.15, 0.2) is 0 Å². The summed E-state index contributed by atoms with van der Waals surface area (Å²) in [5.41, 5.74) is -0.818. The minimum Gasteiger partial charge on any atom is -0.421 e. The van der Waals surface area contributed by atoms with Crippen molar-refractivity contribution in [3.8, 4) is 0 Å². The molecule has 2 aromatic heterocycles. The van der Waals surface area contributed by atoms with E-state index in [2.05, 4.69) is 0 Å². The zero-order valence-corrected chi connectivity index (χ0v) is 9.69.